The van der Waals surface area contributed by atoms with E-state index in [-0.39, 0.29) is 0 Å². The van der Waals surface area contributed by atoms with Crippen LogP contribution in [0.5, 0.6) is 0 Å². The first kappa shape index (κ1) is 14.6. The molecular weight excluding hydrogens is 260 g/mol. The van der Waals surface area contributed by atoms with Crippen LogP contribution >= 0.6 is 23.5 Å². The van der Waals surface area contributed by atoms with E-state index in [2.05, 4.69) is 18.5 Å². The Labute approximate surface area is 120 Å². The van der Waals surface area contributed by atoms with Gasteiger partial charge in [0, 0.05) is 24.1 Å². The van der Waals surface area contributed by atoms with Crippen LogP contribution in [0, 0.1) is 5.41 Å². The normalized spacial score (nSPS) is 24.7. The fourth-order valence-electron chi connectivity index (χ4n) is 2.88. The number of hydrogen-bond donors (Lipinski definition) is 1. The molecule has 18 heavy (non-hydrogen) atoms. The van der Waals surface area contributed by atoms with Gasteiger partial charge >= 0.3 is 0 Å². The summed E-state index contributed by atoms with van der Waals surface area (Å²) >= 11 is 3.89. The molecular formula is C14H26N2S2. The predicted molar refractivity (Wildman–Crippen MR) is 85.9 cm³/mol. The molecule has 4 heteroatoms. The number of rotatable bonds is 4. The zero-order valence-electron chi connectivity index (χ0n) is 11.7. The average Bonchev–Trinajstić information content (AvgIpc) is 2.42. The maximum atomic E-state index is 4.84. The Morgan fingerprint density at radius 1 is 1.39 bits per heavy atom. The average molecular weight is 287 g/mol. The van der Waals surface area contributed by atoms with Crippen molar-refractivity contribution < 1.29 is 0 Å². The Morgan fingerprint density at radius 3 is 2.72 bits per heavy atom. The SMILES string of the molecule is CCC(CSC)NC1=NCC2(CCCCC2)CS1. The summed E-state index contributed by atoms with van der Waals surface area (Å²) in [4.78, 5) is 4.84. The van der Waals surface area contributed by atoms with E-state index in [1.54, 1.807) is 0 Å². The predicted octanol–water partition coefficient (Wildman–Crippen LogP) is 3.77. The fraction of sp³-hybridized carbons (Fsp3) is 0.929. The lowest BCUT2D eigenvalue weighted by Crippen LogP contribution is -2.40. The molecule has 0 aromatic carbocycles. The summed E-state index contributed by atoms with van der Waals surface area (Å²) in [6.45, 7) is 3.32. The Hall–Kier alpha value is 0.170. The molecule has 2 nitrogen and oxygen atoms in total. The number of aliphatic imine (C=N–C) groups is 1. The second-order valence-electron chi connectivity index (χ2n) is 5.68. The van der Waals surface area contributed by atoms with Crippen LogP contribution < -0.4 is 5.32 Å². The number of thioether (sulfide) groups is 2. The summed E-state index contributed by atoms with van der Waals surface area (Å²) < 4.78 is 0. The van der Waals surface area contributed by atoms with Crippen LogP contribution in [0.25, 0.3) is 0 Å². The lowest BCUT2D eigenvalue weighted by molar-refractivity contribution is 0.232. The second kappa shape index (κ2) is 7.09. The van der Waals surface area contributed by atoms with Crippen molar-refractivity contribution in [2.75, 3.05) is 24.3 Å². The van der Waals surface area contributed by atoms with Crippen LogP contribution in [-0.4, -0.2) is 35.5 Å². The van der Waals surface area contributed by atoms with Crippen molar-refractivity contribution >= 4 is 28.7 Å². The van der Waals surface area contributed by atoms with Gasteiger partial charge in [0.05, 0.1) is 0 Å². The van der Waals surface area contributed by atoms with Gasteiger partial charge in [0.2, 0.25) is 0 Å². The quantitative estimate of drug-likeness (QED) is 0.851. The minimum atomic E-state index is 0.551. The number of amidine groups is 1. The molecule has 1 fully saturated rings. The van der Waals surface area contributed by atoms with Gasteiger partial charge in [0.15, 0.2) is 5.17 Å². The third-order valence-corrected chi connectivity index (χ3v) is 6.19. The first-order valence-electron chi connectivity index (χ1n) is 7.21. The molecule has 1 saturated carbocycles. The van der Waals surface area contributed by atoms with E-state index in [1.807, 2.05) is 23.5 Å². The third-order valence-electron chi connectivity index (χ3n) is 4.18. The van der Waals surface area contributed by atoms with E-state index in [9.17, 15) is 0 Å². The van der Waals surface area contributed by atoms with Crippen molar-refractivity contribution in [3.05, 3.63) is 0 Å². The highest BCUT2D eigenvalue weighted by molar-refractivity contribution is 8.13. The molecule has 0 aromatic heterocycles. The zero-order valence-corrected chi connectivity index (χ0v) is 13.3. The zero-order chi connectivity index (χ0) is 12.8. The molecule has 0 radical (unpaired) electrons. The van der Waals surface area contributed by atoms with Crippen molar-refractivity contribution in [1.82, 2.24) is 5.32 Å². The van der Waals surface area contributed by atoms with E-state index in [1.165, 1.54) is 55.2 Å². The molecule has 1 atom stereocenters. The highest BCUT2D eigenvalue weighted by Crippen LogP contribution is 2.41. The van der Waals surface area contributed by atoms with Gasteiger partial charge in [0.25, 0.3) is 0 Å². The Kier molecular flexibility index (Phi) is 5.74. The van der Waals surface area contributed by atoms with E-state index in [0.29, 0.717) is 11.5 Å². The van der Waals surface area contributed by atoms with Gasteiger partial charge in [-0.15, -0.1) is 0 Å². The van der Waals surface area contributed by atoms with Gasteiger partial charge in [-0.25, -0.2) is 0 Å². The van der Waals surface area contributed by atoms with Crippen LogP contribution in [0.1, 0.15) is 45.4 Å². The topological polar surface area (TPSA) is 24.4 Å². The van der Waals surface area contributed by atoms with Crippen LogP contribution in [-0.2, 0) is 0 Å². The van der Waals surface area contributed by atoms with Gasteiger partial charge in [-0.05, 0) is 30.9 Å². The molecule has 0 bridgehead atoms. The largest absolute Gasteiger partial charge is 0.361 e. The van der Waals surface area contributed by atoms with Gasteiger partial charge in [-0.2, -0.15) is 11.8 Å². The summed E-state index contributed by atoms with van der Waals surface area (Å²) in [5, 5.41) is 4.82. The summed E-state index contributed by atoms with van der Waals surface area (Å²) in [5.41, 5.74) is 0.551. The summed E-state index contributed by atoms with van der Waals surface area (Å²) in [7, 11) is 0. The highest BCUT2D eigenvalue weighted by atomic mass is 32.2. The smallest absolute Gasteiger partial charge is 0.156 e. The summed E-state index contributed by atoms with van der Waals surface area (Å²) in [6.07, 6.45) is 10.4. The lowest BCUT2D eigenvalue weighted by atomic mass is 9.75. The molecule has 2 rings (SSSR count). The number of nitrogens with zero attached hydrogens (tertiary/aromatic N) is 1. The van der Waals surface area contributed by atoms with E-state index >= 15 is 0 Å². The van der Waals surface area contributed by atoms with Gasteiger partial charge in [0.1, 0.15) is 0 Å². The van der Waals surface area contributed by atoms with Crippen molar-refractivity contribution in [2.24, 2.45) is 10.4 Å². The Balaban J connectivity index is 1.85. The number of nitrogens with one attached hydrogen (secondary N) is 1. The van der Waals surface area contributed by atoms with E-state index < -0.39 is 0 Å². The minimum Gasteiger partial charge on any atom is -0.361 e. The molecule has 1 N–H and O–H groups in total. The lowest BCUT2D eigenvalue weighted by Gasteiger charge is -2.38. The molecule has 0 aromatic rings. The van der Waals surface area contributed by atoms with E-state index in [4.69, 9.17) is 4.99 Å². The summed E-state index contributed by atoms with van der Waals surface area (Å²) in [5.74, 6) is 2.47. The maximum Gasteiger partial charge on any atom is 0.156 e. The van der Waals surface area contributed by atoms with Crippen molar-refractivity contribution in [3.63, 3.8) is 0 Å². The molecule has 0 saturated heterocycles. The molecule has 1 unspecified atom stereocenters. The van der Waals surface area contributed by atoms with Crippen molar-refractivity contribution in [1.29, 1.82) is 0 Å². The van der Waals surface area contributed by atoms with Gasteiger partial charge < -0.3 is 5.32 Å². The van der Waals surface area contributed by atoms with Crippen molar-refractivity contribution in [2.45, 2.75) is 51.5 Å². The molecule has 1 aliphatic heterocycles. The molecule has 1 spiro atoms. The second-order valence-corrected chi connectivity index (χ2v) is 7.55. The molecule has 2 aliphatic rings. The molecule has 104 valence electrons. The number of hydrogen-bond acceptors (Lipinski definition) is 4. The standard InChI is InChI=1S/C14H26N2S2/c1-3-12(9-17-2)16-13-15-10-14(11-18-13)7-5-4-6-8-14/h12H,3-11H2,1-2H3,(H,15,16). The molecule has 1 heterocycles. The Morgan fingerprint density at radius 2 is 2.17 bits per heavy atom. The van der Waals surface area contributed by atoms with Gasteiger partial charge in [-0.1, -0.05) is 37.9 Å². The molecule has 1 aliphatic carbocycles. The van der Waals surface area contributed by atoms with Gasteiger partial charge in [-0.3, -0.25) is 4.99 Å². The third kappa shape index (κ3) is 3.83. The van der Waals surface area contributed by atoms with Crippen LogP contribution in [0.3, 0.4) is 0 Å². The monoisotopic (exact) mass is 286 g/mol. The first-order chi connectivity index (χ1) is 8.78. The van der Waals surface area contributed by atoms with Crippen LogP contribution in [0.2, 0.25) is 0 Å². The Bertz CT molecular complexity index is 286. The van der Waals surface area contributed by atoms with Crippen LogP contribution in [0.4, 0.5) is 0 Å². The first-order valence-corrected chi connectivity index (χ1v) is 9.59. The highest BCUT2D eigenvalue weighted by Gasteiger charge is 2.35. The van der Waals surface area contributed by atoms with Crippen LogP contribution in [0.15, 0.2) is 4.99 Å². The fourth-order valence-corrected chi connectivity index (χ4v) is 4.83. The summed E-state index contributed by atoms with van der Waals surface area (Å²) in [6, 6.07) is 0.589. The molecule has 0 amide bonds. The van der Waals surface area contributed by atoms with E-state index in [0.717, 1.165) is 6.54 Å². The maximum absolute atomic E-state index is 4.84. The minimum absolute atomic E-state index is 0.551. The van der Waals surface area contributed by atoms with Crippen molar-refractivity contribution in [3.8, 4) is 0 Å².